The molecular formula is C16H20Cl3N3OS. The van der Waals surface area contributed by atoms with E-state index in [-0.39, 0.29) is 36.8 Å². The second-order valence-electron chi connectivity index (χ2n) is 5.63. The molecular weight excluding hydrogens is 389 g/mol. The molecule has 1 unspecified atom stereocenters. The third-order valence-electron chi connectivity index (χ3n) is 3.75. The van der Waals surface area contributed by atoms with E-state index < -0.39 is 0 Å². The molecule has 1 aromatic heterocycles. The quantitative estimate of drug-likeness (QED) is 0.765. The van der Waals surface area contributed by atoms with Gasteiger partial charge in [-0.3, -0.25) is 4.79 Å². The summed E-state index contributed by atoms with van der Waals surface area (Å²) in [6, 6.07) is 7.62. The average molecular weight is 409 g/mol. The van der Waals surface area contributed by atoms with E-state index >= 15 is 0 Å². The number of thiazole rings is 1. The van der Waals surface area contributed by atoms with Gasteiger partial charge in [0, 0.05) is 28.6 Å². The Morgan fingerprint density at radius 3 is 2.62 bits per heavy atom. The lowest BCUT2D eigenvalue weighted by molar-refractivity contribution is -0.120. The van der Waals surface area contributed by atoms with Gasteiger partial charge in [-0.05, 0) is 30.9 Å². The highest BCUT2D eigenvalue weighted by Gasteiger charge is 2.28. The zero-order chi connectivity index (χ0) is 15.5. The lowest BCUT2D eigenvalue weighted by atomic mass is 10.2. The number of rotatable bonds is 6. The van der Waals surface area contributed by atoms with Crippen molar-refractivity contribution in [1.82, 2.24) is 10.3 Å². The molecule has 3 N–H and O–H groups in total. The van der Waals surface area contributed by atoms with E-state index in [1.165, 1.54) is 24.2 Å². The first-order valence-electron chi connectivity index (χ1n) is 7.34. The largest absolute Gasteiger partial charge is 0.354 e. The van der Waals surface area contributed by atoms with Gasteiger partial charge >= 0.3 is 0 Å². The van der Waals surface area contributed by atoms with Crippen LogP contribution >= 0.6 is 47.8 Å². The van der Waals surface area contributed by atoms with Gasteiger partial charge in [-0.15, -0.1) is 36.2 Å². The molecule has 0 bridgehead atoms. The Morgan fingerprint density at radius 1 is 1.33 bits per heavy atom. The molecule has 24 heavy (non-hydrogen) atoms. The summed E-state index contributed by atoms with van der Waals surface area (Å²) in [7, 11) is 0. The molecule has 1 amide bonds. The minimum Gasteiger partial charge on any atom is -0.354 e. The minimum atomic E-state index is -0.0240. The monoisotopic (exact) mass is 407 g/mol. The fourth-order valence-corrected chi connectivity index (χ4v) is 3.21. The molecule has 1 fully saturated rings. The maximum atomic E-state index is 11.9. The fraction of sp³-hybridized carbons (Fsp3) is 0.375. The summed E-state index contributed by atoms with van der Waals surface area (Å²) in [5, 5.41) is 6.41. The van der Waals surface area contributed by atoms with Crippen LogP contribution in [0, 0.1) is 5.92 Å². The Morgan fingerprint density at radius 2 is 2.00 bits per heavy atom. The van der Waals surface area contributed by atoms with Crippen LogP contribution in [-0.2, 0) is 11.2 Å². The smallest absolute Gasteiger partial charge is 0.226 e. The molecule has 1 atom stereocenters. The van der Waals surface area contributed by atoms with E-state index in [2.05, 4.69) is 10.3 Å². The number of nitrogens with two attached hydrogens (primary N) is 1. The van der Waals surface area contributed by atoms with Crippen LogP contribution in [0.5, 0.6) is 0 Å². The normalized spacial score (nSPS) is 14.2. The van der Waals surface area contributed by atoms with Gasteiger partial charge in [-0.1, -0.05) is 23.7 Å². The molecule has 0 spiro atoms. The number of carbonyl (C=O) groups is 1. The van der Waals surface area contributed by atoms with E-state index in [9.17, 15) is 4.79 Å². The molecule has 3 rings (SSSR count). The number of benzene rings is 1. The number of hydrogen-bond donors (Lipinski definition) is 2. The van der Waals surface area contributed by atoms with Crippen LogP contribution in [0.2, 0.25) is 5.02 Å². The van der Waals surface area contributed by atoms with Crippen molar-refractivity contribution in [1.29, 1.82) is 0 Å². The first-order valence-corrected chi connectivity index (χ1v) is 8.60. The lowest BCUT2D eigenvalue weighted by Crippen LogP contribution is -2.39. The fourth-order valence-electron chi connectivity index (χ4n) is 2.26. The molecule has 2 aromatic rings. The third kappa shape index (κ3) is 5.90. The van der Waals surface area contributed by atoms with Crippen LogP contribution in [0.4, 0.5) is 0 Å². The van der Waals surface area contributed by atoms with Crippen molar-refractivity contribution in [3.8, 4) is 10.6 Å². The number of aromatic nitrogens is 1. The molecule has 1 heterocycles. The maximum Gasteiger partial charge on any atom is 0.226 e. The SMILES string of the molecule is Cl.Cl.NC(CNC(=O)Cc1csc(-c2ccc(Cl)cc2)n1)C1CC1. The molecule has 4 nitrogen and oxygen atoms in total. The Balaban J connectivity index is 0.00000144. The van der Waals surface area contributed by atoms with Crippen LogP contribution in [0.15, 0.2) is 29.6 Å². The maximum absolute atomic E-state index is 11.9. The average Bonchev–Trinajstić information content (AvgIpc) is 3.26. The van der Waals surface area contributed by atoms with Gasteiger partial charge in [0.25, 0.3) is 0 Å². The third-order valence-corrected chi connectivity index (χ3v) is 4.94. The first kappa shape index (κ1) is 21.2. The predicted molar refractivity (Wildman–Crippen MR) is 104 cm³/mol. The van der Waals surface area contributed by atoms with Gasteiger partial charge in [0.2, 0.25) is 5.91 Å². The van der Waals surface area contributed by atoms with E-state index in [1.807, 2.05) is 29.6 Å². The van der Waals surface area contributed by atoms with Crippen molar-refractivity contribution in [3.63, 3.8) is 0 Å². The zero-order valence-corrected chi connectivity index (χ0v) is 16.1. The van der Waals surface area contributed by atoms with E-state index in [0.717, 1.165) is 16.3 Å². The van der Waals surface area contributed by atoms with Gasteiger partial charge in [-0.25, -0.2) is 4.98 Å². The van der Waals surface area contributed by atoms with Crippen molar-refractivity contribution in [2.75, 3.05) is 6.54 Å². The molecule has 0 saturated heterocycles. The Bertz CT molecular complexity index is 659. The van der Waals surface area contributed by atoms with Crippen molar-refractivity contribution in [3.05, 3.63) is 40.4 Å². The van der Waals surface area contributed by atoms with Crippen molar-refractivity contribution < 1.29 is 4.79 Å². The number of halogens is 3. The molecule has 1 aliphatic rings. The standard InChI is InChI=1S/C16H18ClN3OS.2ClH/c17-12-5-3-11(4-6-12)16-20-13(9-22-16)7-15(21)19-8-14(18)10-1-2-10;;/h3-6,9-10,14H,1-2,7-8,18H2,(H,19,21);2*1H. The predicted octanol–water partition coefficient (Wildman–Crippen LogP) is 3.70. The summed E-state index contributed by atoms with van der Waals surface area (Å²) in [6.07, 6.45) is 2.67. The highest BCUT2D eigenvalue weighted by atomic mass is 35.5. The number of nitrogens with one attached hydrogen (secondary N) is 1. The Hall–Kier alpha value is -0.850. The van der Waals surface area contributed by atoms with E-state index in [0.29, 0.717) is 23.9 Å². The summed E-state index contributed by atoms with van der Waals surface area (Å²) in [4.78, 5) is 16.4. The summed E-state index contributed by atoms with van der Waals surface area (Å²) in [6.45, 7) is 0.553. The first-order chi connectivity index (χ1) is 10.6. The van der Waals surface area contributed by atoms with Crippen molar-refractivity contribution >= 4 is 53.7 Å². The molecule has 8 heteroatoms. The van der Waals surface area contributed by atoms with Crippen molar-refractivity contribution in [2.45, 2.75) is 25.3 Å². The second kappa shape index (κ2) is 9.59. The Kier molecular flexibility index (Phi) is 8.46. The summed E-state index contributed by atoms with van der Waals surface area (Å²) < 4.78 is 0. The van der Waals surface area contributed by atoms with Gasteiger partial charge in [0.15, 0.2) is 0 Å². The van der Waals surface area contributed by atoms with Crippen LogP contribution in [0.1, 0.15) is 18.5 Å². The molecule has 132 valence electrons. The number of amides is 1. The number of hydrogen-bond acceptors (Lipinski definition) is 4. The zero-order valence-electron chi connectivity index (χ0n) is 12.9. The summed E-state index contributed by atoms with van der Waals surface area (Å²) >= 11 is 7.41. The number of carbonyl (C=O) groups excluding carboxylic acids is 1. The van der Waals surface area contributed by atoms with Gasteiger partial charge in [-0.2, -0.15) is 0 Å². The Labute approximate surface area is 163 Å². The summed E-state index contributed by atoms with van der Waals surface area (Å²) in [5.74, 6) is 0.570. The van der Waals surface area contributed by atoms with Gasteiger partial charge in [0.1, 0.15) is 5.01 Å². The second-order valence-corrected chi connectivity index (χ2v) is 6.93. The summed E-state index contributed by atoms with van der Waals surface area (Å²) in [5.41, 5.74) is 7.77. The van der Waals surface area contributed by atoms with E-state index in [1.54, 1.807) is 0 Å². The highest BCUT2D eigenvalue weighted by molar-refractivity contribution is 7.13. The molecule has 0 radical (unpaired) electrons. The van der Waals surface area contributed by atoms with Crippen LogP contribution in [0.25, 0.3) is 10.6 Å². The molecule has 0 aliphatic heterocycles. The van der Waals surface area contributed by atoms with Crippen LogP contribution in [0.3, 0.4) is 0 Å². The molecule has 1 aromatic carbocycles. The van der Waals surface area contributed by atoms with Crippen molar-refractivity contribution in [2.24, 2.45) is 11.7 Å². The molecule has 1 aliphatic carbocycles. The number of nitrogens with zero attached hydrogens (tertiary/aromatic N) is 1. The van der Waals surface area contributed by atoms with Gasteiger partial charge in [0.05, 0.1) is 12.1 Å². The topological polar surface area (TPSA) is 68.0 Å². The minimum absolute atomic E-state index is 0. The van der Waals surface area contributed by atoms with Gasteiger partial charge < -0.3 is 11.1 Å². The lowest BCUT2D eigenvalue weighted by Gasteiger charge is -2.10. The molecule has 1 saturated carbocycles. The van der Waals surface area contributed by atoms with Crippen LogP contribution in [-0.4, -0.2) is 23.5 Å². The highest BCUT2D eigenvalue weighted by Crippen LogP contribution is 2.31. The van der Waals surface area contributed by atoms with Crippen LogP contribution < -0.4 is 11.1 Å². The van der Waals surface area contributed by atoms with E-state index in [4.69, 9.17) is 17.3 Å².